The van der Waals surface area contributed by atoms with Crippen LogP contribution in [0.3, 0.4) is 0 Å². The highest BCUT2D eigenvalue weighted by molar-refractivity contribution is 5.38. The average molecular weight is 298 g/mol. The molecule has 0 amide bonds. The minimum atomic E-state index is 0.284. The van der Waals surface area contributed by atoms with Gasteiger partial charge in [-0.25, -0.2) is 9.97 Å². The second-order valence-corrected chi connectivity index (χ2v) is 5.75. The van der Waals surface area contributed by atoms with Crippen molar-refractivity contribution in [2.24, 2.45) is 5.92 Å². The van der Waals surface area contributed by atoms with Gasteiger partial charge in [-0.2, -0.15) is 0 Å². The van der Waals surface area contributed by atoms with Crippen LogP contribution >= 0.6 is 0 Å². The summed E-state index contributed by atoms with van der Waals surface area (Å²) in [6.07, 6.45) is 5.59. The number of anilines is 1. The van der Waals surface area contributed by atoms with Crippen LogP contribution in [0, 0.1) is 12.8 Å². The van der Waals surface area contributed by atoms with E-state index in [1.165, 1.54) is 5.56 Å². The van der Waals surface area contributed by atoms with E-state index in [1.54, 1.807) is 0 Å². The second-order valence-electron chi connectivity index (χ2n) is 5.75. The first-order valence-corrected chi connectivity index (χ1v) is 7.82. The predicted octanol–water partition coefficient (Wildman–Crippen LogP) is 2.41. The molecular formula is C17H22N4O. The van der Waals surface area contributed by atoms with Gasteiger partial charge in [0.15, 0.2) is 0 Å². The summed E-state index contributed by atoms with van der Waals surface area (Å²) in [4.78, 5) is 13.0. The molecule has 116 valence electrons. The Labute approximate surface area is 131 Å². The molecule has 2 atom stereocenters. The lowest BCUT2D eigenvalue weighted by Crippen LogP contribution is -2.29. The van der Waals surface area contributed by atoms with Crippen molar-refractivity contribution in [3.8, 4) is 0 Å². The number of nitrogens with one attached hydrogen (secondary N) is 1. The van der Waals surface area contributed by atoms with Gasteiger partial charge in [0.2, 0.25) is 0 Å². The van der Waals surface area contributed by atoms with Gasteiger partial charge in [0, 0.05) is 30.1 Å². The van der Waals surface area contributed by atoms with E-state index in [4.69, 9.17) is 4.74 Å². The predicted molar refractivity (Wildman–Crippen MR) is 85.8 cm³/mol. The molecule has 0 radical (unpaired) electrons. The topological polar surface area (TPSA) is 59.9 Å². The average Bonchev–Trinajstić information content (AvgIpc) is 2.94. The summed E-state index contributed by atoms with van der Waals surface area (Å²) in [5, 5.41) is 3.54. The molecule has 0 aromatic carbocycles. The Morgan fingerprint density at radius 1 is 1.23 bits per heavy atom. The molecule has 1 saturated heterocycles. The molecule has 0 saturated carbocycles. The minimum Gasteiger partial charge on any atom is -0.379 e. The molecule has 0 bridgehead atoms. The summed E-state index contributed by atoms with van der Waals surface area (Å²) in [5.41, 5.74) is 2.37. The van der Waals surface area contributed by atoms with Crippen LogP contribution < -0.4 is 5.32 Å². The first-order chi connectivity index (χ1) is 10.7. The molecule has 5 nitrogen and oxygen atoms in total. The maximum absolute atomic E-state index is 5.68. The summed E-state index contributed by atoms with van der Waals surface area (Å²) in [5.74, 6) is 2.16. The highest BCUT2D eigenvalue weighted by Gasteiger charge is 2.28. The smallest absolute Gasteiger partial charge is 0.130 e. The van der Waals surface area contributed by atoms with Crippen LogP contribution in [0.1, 0.15) is 24.0 Å². The van der Waals surface area contributed by atoms with Gasteiger partial charge in [0.1, 0.15) is 11.6 Å². The van der Waals surface area contributed by atoms with Gasteiger partial charge in [0.25, 0.3) is 0 Å². The molecule has 5 heteroatoms. The fourth-order valence-corrected chi connectivity index (χ4v) is 2.86. The molecule has 0 spiro atoms. The van der Waals surface area contributed by atoms with Crippen molar-refractivity contribution < 1.29 is 4.74 Å². The van der Waals surface area contributed by atoms with Gasteiger partial charge in [0.05, 0.1) is 19.3 Å². The van der Waals surface area contributed by atoms with E-state index < -0.39 is 0 Å². The number of rotatable bonds is 5. The molecule has 3 heterocycles. The number of pyridine rings is 1. The van der Waals surface area contributed by atoms with Gasteiger partial charge < -0.3 is 10.1 Å². The van der Waals surface area contributed by atoms with Crippen LogP contribution in [0.5, 0.6) is 0 Å². The highest BCUT2D eigenvalue weighted by atomic mass is 16.5. The molecule has 0 aliphatic carbocycles. The molecule has 22 heavy (non-hydrogen) atoms. The van der Waals surface area contributed by atoms with Gasteiger partial charge in [-0.1, -0.05) is 6.92 Å². The molecule has 1 N–H and O–H groups in total. The van der Waals surface area contributed by atoms with Crippen molar-refractivity contribution in [2.45, 2.75) is 32.7 Å². The Balaban J connectivity index is 1.70. The van der Waals surface area contributed by atoms with Crippen molar-refractivity contribution in [3.63, 3.8) is 0 Å². The number of ether oxygens (including phenoxy) is 1. The minimum absolute atomic E-state index is 0.284. The quantitative estimate of drug-likeness (QED) is 0.918. The molecule has 1 fully saturated rings. The fourth-order valence-electron chi connectivity index (χ4n) is 2.86. The molecule has 1 aliphatic rings. The van der Waals surface area contributed by atoms with Crippen LogP contribution in [-0.2, 0) is 17.6 Å². The van der Waals surface area contributed by atoms with Crippen molar-refractivity contribution in [1.29, 1.82) is 0 Å². The third-order valence-corrected chi connectivity index (χ3v) is 4.03. The Hall–Kier alpha value is -2.01. The summed E-state index contributed by atoms with van der Waals surface area (Å²) < 4.78 is 5.68. The lowest BCUT2D eigenvalue weighted by molar-refractivity contribution is 0.185. The number of nitrogens with zero attached hydrogens (tertiary/aromatic N) is 3. The first kappa shape index (κ1) is 14.9. The van der Waals surface area contributed by atoms with Gasteiger partial charge >= 0.3 is 0 Å². The van der Waals surface area contributed by atoms with Crippen molar-refractivity contribution in [1.82, 2.24) is 15.0 Å². The van der Waals surface area contributed by atoms with Crippen molar-refractivity contribution in [2.75, 3.05) is 18.5 Å². The molecule has 0 unspecified atom stereocenters. The monoisotopic (exact) mass is 298 g/mol. The lowest BCUT2D eigenvalue weighted by atomic mass is 9.95. The Bertz CT molecular complexity index is 617. The van der Waals surface area contributed by atoms with Crippen molar-refractivity contribution >= 4 is 5.82 Å². The molecule has 2 aromatic heterocycles. The zero-order valence-corrected chi connectivity index (χ0v) is 13.1. The van der Waals surface area contributed by atoms with E-state index in [9.17, 15) is 0 Å². The van der Waals surface area contributed by atoms with E-state index in [2.05, 4.69) is 39.3 Å². The van der Waals surface area contributed by atoms with Crippen molar-refractivity contribution in [3.05, 3.63) is 47.7 Å². The number of aryl methyl sites for hydroxylation is 2. The SMILES string of the molecule is CCc1cc(N[C@H]2COC[C@H]2Cc2ccncc2)nc(C)n1. The van der Waals surface area contributed by atoms with E-state index in [0.717, 1.165) is 43.4 Å². The summed E-state index contributed by atoms with van der Waals surface area (Å²) in [6.45, 7) is 5.55. The summed E-state index contributed by atoms with van der Waals surface area (Å²) >= 11 is 0. The van der Waals surface area contributed by atoms with E-state index in [0.29, 0.717) is 5.92 Å². The van der Waals surface area contributed by atoms with Gasteiger partial charge in [-0.3, -0.25) is 4.98 Å². The zero-order valence-electron chi connectivity index (χ0n) is 13.1. The third kappa shape index (κ3) is 3.60. The van der Waals surface area contributed by atoms with Gasteiger partial charge in [-0.05, 0) is 37.5 Å². The normalized spacial score (nSPS) is 21.0. The van der Waals surface area contributed by atoms with E-state index >= 15 is 0 Å². The molecule has 3 rings (SSSR count). The zero-order chi connectivity index (χ0) is 15.4. The van der Waals surface area contributed by atoms with Crippen LogP contribution in [-0.4, -0.2) is 34.2 Å². The first-order valence-electron chi connectivity index (χ1n) is 7.82. The maximum Gasteiger partial charge on any atom is 0.130 e. The Kier molecular flexibility index (Phi) is 4.63. The molecular weight excluding hydrogens is 276 g/mol. The molecule has 2 aromatic rings. The summed E-state index contributed by atoms with van der Waals surface area (Å²) in [7, 11) is 0. The number of aromatic nitrogens is 3. The summed E-state index contributed by atoms with van der Waals surface area (Å²) in [6, 6.07) is 6.46. The second kappa shape index (κ2) is 6.83. The van der Waals surface area contributed by atoms with E-state index in [1.807, 2.05) is 25.4 Å². The number of hydrogen-bond acceptors (Lipinski definition) is 5. The third-order valence-electron chi connectivity index (χ3n) is 4.03. The maximum atomic E-state index is 5.68. The lowest BCUT2D eigenvalue weighted by Gasteiger charge is -2.20. The Morgan fingerprint density at radius 2 is 2.05 bits per heavy atom. The van der Waals surface area contributed by atoms with E-state index in [-0.39, 0.29) is 6.04 Å². The van der Waals surface area contributed by atoms with Crippen LogP contribution in [0.25, 0.3) is 0 Å². The van der Waals surface area contributed by atoms with Crippen LogP contribution in [0.2, 0.25) is 0 Å². The highest BCUT2D eigenvalue weighted by Crippen LogP contribution is 2.22. The van der Waals surface area contributed by atoms with Crippen LogP contribution in [0.4, 0.5) is 5.82 Å². The Morgan fingerprint density at radius 3 is 2.82 bits per heavy atom. The largest absolute Gasteiger partial charge is 0.379 e. The fraction of sp³-hybridized carbons (Fsp3) is 0.471. The standard InChI is InChI=1S/C17H22N4O/c1-3-15-9-17(20-12(2)19-15)21-16-11-22-10-14(16)8-13-4-6-18-7-5-13/h4-7,9,14,16H,3,8,10-11H2,1-2H3,(H,19,20,21)/t14-,16+/m1/s1. The van der Waals surface area contributed by atoms with Gasteiger partial charge in [-0.15, -0.1) is 0 Å². The molecule has 1 aliphatic heterocycles. The van der Waals surface area contributed by atoms with Crippen LogP contribution in [0.15, 0.2) is 30.6 Å². The number of hydrogen-bond donors (Lipinski definition) is 1.